The van der Waals surface area contributed by atoms with Gasteiger partial charge in [-0.15, -0.1) is 0 Å². The predicted octanol–water partition coefficient (Wildman–Crippen LogP) is 2.31. The third kappa shape index (κ3) is 4.10. The van der Waals surface area contributed by atoms with Crippen molar-refractivity contribution in [1.82, 2.24) is 19.7 Å². The zero-order valence-corrected chi connectivity index (χ0v) is 14.7. The third-order valence-electron chi connectivity index (χ3n) is 4.39. The van der Waals surface area contributed by atoms with Gasteiger partial charge in [-0.25, -0.2) is 9.67 Å². The number of carbonyl (C=O) groups is 1. The summed E-state index contributed by atoms with van der Waals surface area (Å²) in [5, 5.41) is 4.05. The molecule has 7 heteroatoms. The number of para-hydroxylation sites is 2. The molecule has 7 nitrogen and oxygen atoms in total. The summed E-state index contributed by atoms with van der Waals surface area (Å²) in [5.41, 5.74) is 0. The lowest BCUT2D eigenvalue weighted by molar-refractivity contribution is -0.136. The molecule has 1 fully saturated rings. The van der Waals surface area contributed by atoms with E-state index in [4.69, 9.17) is 9.47 Å². The first-order valence-electron chi connectivity index (χ1n) is 8.70. The van der Waals surface area contributed by atoms with Gasteiger partial charge in [0.2, 0.25) is 5.91 Å². The maximum atomic E-state index is 12.6. The van der Waals surface area contributed by atoms with Gasteiger partial charge in [-0.05, 0) is 26.0 Å². The Bertz CT molecular complexity index is 681. The minimum atomic E-state index is -0.335. The molecule has 1 aromatic carbocycles. The van der Waals surface area contributed by atoms with Crippen LogP contribution in [-0.2, 0) is 4.79 Å². The van der Waals surface area contributed by atoms with Gasteiger partial charge < -0.3 is 14.4 Å². The second kappa shape index (κ2) is 8.00. The van der Waals surface area contributed by atoms with Crippen molar-refractivity contribution in [3.63, 3.8) is 0 Å². The Hall–Kier alpha value is -2.57. The smallest absolute Gasteiger partial charge is 0.247 e. The number of aromatic nitrogens is 3. The fourth-order valence-electron chi connectivity index (χ4n) is 2.99. The summed E-state index contributed by atoms with van der Waals surface area (Å²) >= 11 is 0. The molecule has 1 amide bonds. The van der Waals surface area contributed by atoms with E-state index in [2.05, 4.69) is 10.1 Å². The van der Waals surface area contributed by atoms with Crippen LogP contribution in [0.15, 0.2) is 36.9 Å². The van der Waals surface area contributed by atoms with E-state index in [0.29, 0.717) is 19.7 Å². The van der Waals surface area contributed by atoms with Gasteiger partial charge in [0.05, 0.1) is 6.61 Å². The fourth-order valence-corrected chi connectivity index (χ4v) is 2.99. The molecule has 0 spiro atoms. The van der Waals surface area contributed by atoms with Crippen molar-refractivity contribution in [2.45, 2.75) is 38.8 Å². The van der Waals surface area contributed by atoms with Crippen LogP contribution in [0.25, 0.3) is 0 Å². The molecule has 0 saturated carbocycles. The van der Waals surface area contributed by atoms with Gasteiger partial charge in [0.25, 0.3) is 0 Å². The van der Waals surface area contributed by atoms with E-state index in [1.807, 2.05) is 43.0 Å². The third-order valence-corrected chi connectivity index (χ3v) is 4.39. The molecule has 1 unspecified atom stereocenters. The molecule has 3 rings (SSSR count). The van der Waals surface area contributed by atoms with E-state index in [0.717, 1.165) is 24.3 Å². The SMILES string of the molecule is CCOc1ccccc1OC1CCN(C(=O)C(C)n2cncn2)CC1. The van der Waals surface area contributed by atoms with Crippen LogP contribution < -0.4 is 9.47 Å². The van der Waals surface area contributed by atoms with Gasteiger partial charge in [0.15, 0.2) is 11.5 Å². The van der Waals surface area contributed by atoms with Crippen LogP contribution in [0.2, 0.25) is 0 Å². The zero-order chi connectivity index (χ0) is 17.6. The normalized spacial score (nSPS) is 16.5. The van der Waals surface area contributed by atoms with Crippen LogP contribution in [0.1, 0.15) is 32.7 Å². The number of rotatable bonds is 6. The summed E-state index contributed by atoms with van der Waals surface area (Å²) in [6.07, 6.45) is 4.71. The Morgan fingerprint density at radius 1 is 1.28 bits per heavy atom. The highest BCUT2D eigenvalue weighted by atomic mass is 16.5. The number of carbonyl (C=O) groups excluding carboxylic acids is 1. The summed E-state index contributed by atoms with van der Waals surface area (Å²) in [5.74, 6) is 1.60. The zero-order valence-electron chi connectivity index (χ0n) is 14.7. The highest BCUT2D eigenvalue weighted by Crippen LogP contribution is 2.29. The molecule has 134 valence electrons. The van der Waals surface area contributed by atoms with Crippen molar-refractivity contribution in [2.24, 2.45) is 0 Å². The Morgan fingerprint density at radius 3 is 2.64 bits per heavy atom. The van der Waals surface area contributed by atoms with Crippen molar-refractivity contribution in [3.05, 3.63) is 36.9 Å². The molecular formula is C18H24N4O3. The summed E-state index contributed by atoms with van der Waals surface area (Å²) in [4.78, 5) is 18.4. The highest BCUT2D eigenvalue weighted by molar-refractivity contribution is 5.80. The van der Waals surface area contributed by atoms with Gasteiger partial charge in [-0.1, -0.05) is 12.1 Å². The lowest BCUT2D eigenvalue weighted by Gasteiger charge is -2.33. The van der Waals surface area contributed by atoms with E-state index in [1.54, 1.807) is 11.0 Å². The molecule has 2 aromatic rings. The lowest BCUT2D eigenvalue weighted by atomic mass is 10.1. The van der Waals surface area contributed by atoms with Crippen LogP contribution in [0.5, 0.6) is 11.5 Å². The Kier molecular flexibility index (Phi) is 5.53. The summed E-state index contributed by atoms with van der Waals surface area (Å²) in [7, 11) is 0. The number of nitrogens with zero attached hydrogens (tertiary/aromatic N) is 4. The molecule has 0 aliphatic carbocycles. The minimum absolute atomic E-state index is 0.0682. The predicted molar refractivity (Wildman–Crippen MR) is 92.6 cm³/mol. The van der Waals surface area contributed by atoms with Crippen molar-refractivity contribution >= 4 is 5.91 Å². The van der Waals surface area contributed by atoms with Crippen LogP contribution in [0.4, 0.5) is 0 Å². The second-order valence-corrected chi connectivity index (χ2v) is 6.07. The first kappa shape index (κ1) is 17.3. The molecule has 0 bridgehead atoms. The number of benzene rings is 1. The lowest BCUT2D eigenvalue weighted by Crippen LogP contribution is -2.44. The molecule has 2 heterocycles. The van der Waals surface area contributed by atoms with Gasteiger partial charge in [0, 0.05) is 25.9 Å². The first-order valence-corrected chi connectivity index (χ1v) is 8.70. The quantitative estimate of drug-likeness (QED) is 0.804. The summed E-state index contributed by atoms with van der Waals surface area (Å²) in [6.45, 7) is 5.77. The number of hydrogen-bond acceptors (Lipinski definition) is 5. The molecule has 1 aromatic heterocycles. The topological polar surface area (TPSA) is 69.5 Å². The molecule has 0 N–H and O–H groups in total. The van der Waals surface area contributed by atoms with Gasteiger partial charge in [-0.3, -0.25) is 4.79 Å². The van der Waals surface area contributed by atoms with Crippen molar-refractivity contribution in [2.75, 3.05) is 19.7 Å². The number of likely N-dealkylation sites (tertiary alicyclic amines) is 1. The van der Waals surface area contributed by atoms with Crippen LogP contribution in [0.3, 0.4) is 0 Å². The molecule has 1 atom stereocenters. The highest BCUT2D eigenvalue weighted by Gasteiger charge is 2.28. The first-order chi connectivity index (χ1) is 12.2. The van der Waals surface area contributed by atoms with Gasteiger partial charge in [0.1, 0.15) is 24.8 Å². The average molecular weight is 344 g/mol. The van der Waals surface area contributed by atoms with E-state index in [-0.39, 0.29) is 18.1 Å². The average Bonchev–Trinajstić information content (AvgIpc) is 3.18. The molecule has 25 heavy (non-hydrogen) atoms. The fraction of sp³-hybridized carbons (Fsp3) is 0.500. The summed E-state index contributed by atoms with van der Waals surface area (Å²) < 4.78 is 13.3. The van der Waals surface area contributed by atoms with Crippen molar-refractivity contribution in [1.29, 1.82) is 0 Å². The van der Waals surface area contributed by atoms with Crippen LogP contribution >= 0.6 is 0 Å². The second-order valence-electron chi connectivity index (χ2n) is 6.07. The van der Waals surface area contributed by atoms with E-state index < -0.39 is 0 Å². The monoisotopic (exact) mass is 344 g/mol. The molecular weight excluding hydrogens is 320 g/mol. The van der Waals surface area contributed by atoms with Gasteiger partial charge >= 0.3 is 0 Å². The van der Waals surface area contributed by atoms with E-state index in [9.17, 15) is 4.79 Å². The van der Waals surface area contributed by atoms with E-state index in [1.165, 1.54) is 6.33 Å². The number of amides is 1. The number of piperidine rings is 1. The van der Waals surface area contributed by atoms with E-state index >= 15 is 0 Å². The Morgan fingerprint density at radius 2 is 2.00 bits per heavy atom. The number of ether oxygens (including phenoxy) is 2. The molecule has 1 aliphatic heterocycles. The molecule has 0 radical (unpaired) electrons. The van der Waals surface area contributed by atoms with Crippen molar-refractivity contribution in [3.8, 4) is 11.5 Å². The largest absolute Gasteiger partial charge is 0.490 e. The number of hydrogen-bond donors (Lipinski definition) is 0. The maximum absolute atomic E-state index is 12.6. The minimum Gasteiger partial charge on any atom is -0.490 e. The Labute approximate surface area is 147 Å². The standard InChI is InChI=1S/C18H24N4O3/c1-3-24-16-6-4-5-7-17(16)25-15-8-10-21(11-9-15)18(23)14(2)22-13-19-12-20-22/h4-7,12-15H,3,8-11H2,1-2H3. The summed E-state index contributed by atoms with van der Waals surface area (Å²) in [6, 6.07) is 7.38. The van der Waals surface area contributed by atoms with Crippen LogP contribution in [-0.4, -0.2) is 51.4 Å². The maximum Gasteiger partial charge on any atom is 0.247 e. The molecule has 1 saturated heterocycles. The van der Waals surface area contributed by atoms with Crippen molar-refractivity contribution < 1.29 is 14.3 Å². The van der Waals surface area contributed by atoms with Crippen LogP contribution in [0, 0.1) is 0 Å². The Balaban J connectivity index is 1.54. The van der Waals surface area contributed by atoms with Gasteiger partial charge in [-0.2, -0.15) is 5.10 Å². The molecule has 1 aliphatic rings.